The Labute approximate surface area is 137 Å². The van der Waals surface area contributed by atoms with Crippen LogP contribution in [-0.2, 0) is 11.3 Å². The third-order valence-electron chi connectivity index (χ3n) is 4.48. The third-order valence-corrected chi connectivity index (χ3v) is 4.48. The molecule has 1 unspecified atom stereocenters. The minimum Gasteiger partial charge on any atom is -0.633 e. The average molecular weight is 318 g/mol. The van der Waals surface area contributed by atoms with Gasteiger partial charge < -0.3 is 24.1 Å². The second-order valence-electron chi connectivity index (χ2n) is 6.33. The van der Waals surface area contributed by atoms with Crippen molar-refractivity contribution in [2.24, 2.45) is 0 Å². The van der Waals surface area contributed by atoms with E-state index in [4.69, 9.17) is 9.72 Å². The van der Waals surface area contributed by atoms with Gasteiger partial charge in [-0.2, -0.15) is 0 Å². The number of rotatable bonds is 5. The molecule has 1 aromatic carbocycles. The van der Waals surface area contributed by atoms with Crippen LogP contribution in [-0.4, -0.2) is 60.6 Å². The molecule has 0 bridgehead atoms. The first kappa shape index (κ1) is 16.2. The van der Waals surface area contributed by atoms with E-state index in [1.54, 1.807) is 7.05 Å². The van der Waals surface area contributed by atoms with Crippen LogP contribution in [0.25, 0.3) is 11.0 Å². The zero-order valence-corrected chi connectivity index (χ0v) is 14.1. The molecule has 1 atom stereocenters. The molecule has 1 aliphatic heterocycles. The Bertz CT molecular complexity index is 653. The predicted octanol–water partition coefficient (Wildman–Crippen LogP) is 2.23. The fraction of sp³-hybridized carbons (Fsp3) is 0.588. The number of ether oxygens (including phenoxy) is 1. The van der Waals surface area contributed by atoms with E-state index >= 15 is 0 Å². The van der Waals surface area contributed by atoms with Crippen molar-refractivity contribution in [1.82, 2.24) is 9.55 Å². The molecule has 6 nitrogen and oxygen atoms in total. The largest absolute Gasteiger partial charge is 0.633 e. The molecular formula is C17H26N4O2. The van der Waals surface area contributed by atoms with Gasteiger partial charge in [-0.15, -0.1) is 0 Å². The molecule has 1 aliphatic rings. The zero-order valence-electron chi connectivity index (χ0n) is 14.1. The summed E-state index contributed by atoms with van der Waals surface area (Å²) >= 11 is 0. The van der Waals surface area contributed by atoms with E-state index in [-0.39, 0.29) is 4.65 Å². The van der Waals surface area contributed by atoms with Gasteiger partial charge in [-0.25, -0.2) is 4.98 Å². The first-order valence-electron chi connectivity index (χ1n) is 8.44. The van der Waals surface area contributed by atoms with Gasteiger partial charge in [-0.05, 0) is 19.1 Å². The highest BCUT2D eigenvalue weighted by Crippen LogP contribution is 2.24. The number of likely N-dealkylation sites (N-methyl/N-ethyl adjacent to an activating group) is 1. The number of aromatic nitrogens is 2. The van der Waals surface area contributed by atoms with Gasteiger partial charge in [0.15, 0.2) is 0 Å². The summed E-state index contributed by atoms with van der Waals surface area (Å²) in [6, 6.07) is 8.20. The van der Waals surface area contributed by atoms with Crippen molar-refractivity contribution in [3.63, 3.8) is 0 Å². The SMILES string of the molecule is CCOCCn1c(N2CCC[N+](C)([O-])CC2)nc2ccccc21. The summed E-state index contributed by atoms with van der Waals surface area (Å²) in [5, 5.41) is 12.3. The fourth-order valence-corrected chi connectivity index (χ4v) is 3.18. The van der Waals surface area contributed by atoms with Crippen LogP contribution in [0.1, 0.15) is 13.3 Å². The first-order valence-corrected chi connectivity index (χ1v) is 8.44. The van der Waals surface area contributed by atoms with Crippen LogP contribution in [0.5, 0.6) is 0 Å². The Morgan fingerprint density at radius 1 is 1.26 bits per heavy atom. The molecule has 0 N–H and O–H groups in total. The molecule has 6 heteroatoms. The molecule has 0 saturated carbocycles. The van der Waals surface area contributed by atoms with Crippen LogP contribution in [0.4, 0.5) is 5.95 Å². The topological polar surface area (TPSA) is 53.3 Å². The fourth-order valence-electron chi connectivity index (χ4n) is 3.18. The number of para-hydroxylation sites is 2. The second kappa shape index (κ2) is 6.86. The Balaban J connectivity index is 1.90. The molecule has 1 aromatic heterocycles. The van der Waals surface area contributed by atoms with Crippen molar-refractivity contribution in [2.45, 2.75) is 19.9 Å². The predicted molar refractivity (Wildman–Crippen MR) is 92.3 cm³/mol. The number of imidazole rings is 1. The summed E-state index contributed by atoms with van der Waals surface area (Å²) in [4.78, 5) is 7.09. The standard InChI is InChI=1S/C17H26N4O2/c1-3-23-14-11-20-16-8-5-4-7-15(16)18-17(20)19-9-6-12-21(2,22)13-10-19/h4-5,7-8H,3,6,9-14H2,1-2H3. The molecule has 2 aromatic rings. The lowest BCUT2D eigenvalue weighted by atomic mass is 10.3. The maximum Gasteiger partial charge on any atom is 0.206 e. The highest BCUT2D eigenvalue weighted by molar-refractivity contribution is 5.78. The number of hydrogen-bond acceptors (Lipinski definition) is 4. The van der Waals surface area contributed by atoms with E-state index in [1.165, 1.54) is 0 Å². The summed E-state index contributed by atoms with van der Waals surface area (Å²) in [7, 11) is 1.77. The van der Waals surface area contributed by atoms with Crippen molar-refractivity contribution in [2.75, 3.05) is 51.3 Å². The summed E-state index contributed by atoms with van der Waals surface area (Å²) in [5.41, 5.74) is 2.13. The van der Waals surface area contributed by atoms with E-state index in [1.807, 2.05) is 25.1 Å². The van der Waals surface area contributed by atoms with Crippen LogP contribution in [0.2, 0.25) is 0 Å². The molecule has 126 valence electrons. The normalized spacial score (nSPS) is 22.5. The lowest BCUT2D eigenvalue weighted by Crippen LogP contribution is -2.41. The van der Waals surface area contributed by atoms with Crippen LogP contribution >= 0.6 is 0 Å². The van der Waals surface area contributed by atoms with Gasteiger partial charge in [0.25, 0.3) is 0 Å². The lowest BCUT2D eigenvalue weighted by molar-refractivity contribution is -0.858. The van der Waals surface area contributed by atoms with Gasteiger partial charge in [-0.3, -0.25) is 0 Å². The summed E-state index contributed by atoms with van der Waals surface area (Å²) < 4.78 is 7.61. The Kier molecular flexibility index (Phi) is 4.84. The monoisotopic (exact) mass is 318 g/mol. The van der Waals surface area contributed by atoms with Crippen molar-refractivity contribution >= 4 is 17.0 Å². The summed E-state index contributed by atoms with van der Waals surface area (Å²) in [6.07, 6.45) is 0.897. The number of hydrogen-bond donors (Lipinski definition) is 0. The molecule has 23 heavy (non-hydrogen) atoms. The van der Waals surface area contributed by atoms with Crippen LogP contribution in [0.15, 0.2) is 24.3 Å². The Morgan fingerprint density at radius 3 is 2.91 bits per heavy atom. The average Bonchev–Trinajstić information content (AvgIpc) is 2.79. The molecule has 2 heterocycles. The van der Waals surface area contributed by atoms with Gasteiger partial charge >= 0.3 is 0 Å². The number of nitrogens with zero attached hydrogens (tertiary/aromatic N) is 4. The third kappa shape index (κ3) is 3.65. The van der Waals surface area contributed by atoms with Gasteiger partial charge in [0.2, 0.25) is 5.95 Å². The lowest BCUT2D eigenvalue weighted by Gasteiger charge is -2.37. The van der Waals surface area contributed by atoms with Crippen LogP contribution < -0.4 is 4.90 Å². The number of hydroxylamine groups is 3. The number of anilines is 1. The zero-order chi connectivity index (χ0) is 16.3. The quantitative estimate of drug-likeness (QED) is 0.482. The highest BCUT2D eigenvalue weighted by atomic mass is 16.5. The Morgan fingerprint density at radius 2 is 2.09 bits per heavy atom. The van der Waals surface area contributed by atoms with Gasteiger partial charge in [-0.1, -0.05) is 12.1 Å². The molecule has 0 amide bonds. The molecule has 0 aliphatic carbocycles. The van der Waals surface area contributed by atoms with E-state index in [9.17, 15) is 5.21 Å². The minimum absolute atomic E-state index is 0.157. The second-order valence-corrected chi connectivity index (χ2v) is 6.33. The summed E-state index contributed by atoms with van der Waals surface area (Å²) in [5.74, 6) is 0.966. The maximum atomic E-state index is 12.3. The van der Waals surface area contributed by atoms with Crippen LogP contribution in [0, 0.1) is 5.21 Å². The molecule has 1 saturated heterocycles. The van der Waals surface area contributed by atoms with Gasteiger partial charge in [0.1, 0.15) is 0 Å². The highest BCUT2D eigenvalue weighted by Gasteiger charge is 2.23. The van der Waals surface area contributed by atoms with Crippen molar-refractivity contribution < 1.29 is 9.38 Å². The number of fused-ring (bicyclic) bond motifs is 1. The van der Waals surface area contributed by atoms with Crippen molar-refractivity contribution in [3.05, 3.63) is 29.5 Å². The van der Waals surface area contributed by atoms with E-state index < -0.39 is 0 Å². The van der Waals surface area contributed by atoms with Crippen molar-refractivity contribution in [1.29, 1.82) is 0 Å². The van der Waals surface area contributed by atoms with Crippen LogP contribution in [0.3, 0.4) is 0 Å². The smallest absolute Gasteiger partial charge is 0.206 e. The van der Waals surface area contributed by atoms with Crippen molar-refractivity contribution in [3.8, 4) is 0 Å². The Hall–Kier alpha value is -1.63. The summed E-state index contributed by atoms with van der Waals surface area (Å²) in [6.45, 7) is 7.10. The maximum absolute atomic E-state index is 12.3. The number of benzene rings is 1. The van der Waals surface area contributed by atoms with E-state index in [0.717, 1.165) is 49.6 Å². The molecular weight excluding hydrogens is 292 g/mol. The van der Waals surface area contributed by atoms with Gasteiger partial charge in [0.05, 0.1) is 44.3 Å². The number of quaternary nitrogens is 1. The van der Waals surface area contributed by atoms with Gasteiger partial charge in [0, 0.05) is 26.1 Å². The molecule has 1 fully saturated rings. The minimum atomic E-state index is -0.157. The van der Waals surface area contributed by atoms with E-state index in [2.05, 4.69) is 15.5 Å². The molecule has 0 radical (unpaired) electrons. The van der Waals surface area contributed by atoms with E-state index in [0.29, 0.717) is 19.7 Å². The first-order chi connectivity index (χ1) is 11.1. The molecule has 3 rings (SSSR count). The molecule has 0 spiro atoms.